The molecule has 1 atom stereocenters. The molecule has 2 aromatic heterocycles. The molecule has 0 aliphatic heterocycles. The molecule has 15 heavy (non-hydrogen) atoms. The van der Waals surface area contributed by atoms with E-state index in [4.69, 9.17) is 0 Å². The lowest BCUT2D eigenvalue weighted by molar-refractivity contribution is 0.0940. The van der Waals surface area contributed by atoms with Crippen molar-refractivity contribution >= 4 is 17.2 Å². The highest BCUT2D eigenvalue weighted by molar-refractivity contribution is 7.10. The van der Waals surface area contributed by atoms with Crippen LogP contribution in [0.15, 0.2) is 29.9 Å². The lowest BCUT2D eigenvalue weighted by atomic mass is 10.2. The average Bonchev–Trinajstić information content (AvgIpc) is 2.91. The molecule has 0 aromatic carbocycles. The molecule has 2 aromatic rings. The number of nitrogens with zero attached hydrogens (tertiary/aromatic N) is 1. The SMILES string of the molecule is CC(NC(=O)c1cn[nH]c1)c1cccs1. The van der Waals surface area contributed by atoms with Crippen LogP contribution in [0.4, 0.5) is 0 Å². The molecular weight excluding hydrogens is 210 g/mol. The molecule has 2 N–H and O–H groups in total. The molecule has 0 aliphatic rings. The first-order chi connectivity index (χ1) is 7.27. The highest BCUT2D eigenvalue weighted by Gasteiger charge is 2.12. The Morgan fingerprint density at radius 3 is 3.13 bits per heavy atom. The first kappa shape index (κ1) is 9.92. The van der Waals surface area contributed by atoms with E-state index in [1.165, 1.54) is 6.20 Å². The minimum atomic E-state index is -0.107. The molecule has 0 saturated carbocycles. The van der Waals surface area contributed by atoms with Crippen molar-refractivity contribution in [1.29, 1.82) is 0 Å². The summed E-state index contributed by atoms with van der Waals surface area (Å²) in [6.45, 7) is 1.96. The Kier molecular flexibility index (Phi) is 2.82. The minimum Gasteiger partial charge on any atom is -0.345 e. The molecule has 0 radical (unpaired) electrons. The summed E-state index contributed by atoms with van der Waals surface area (Å²) in [4.78, 5) is 12.8. The summed E-state index contributed by atoms with van der Waals surface area (Å²) >= 11 is 1.63. The van der Waals surface area contributed by atoms with Gasteiger partial charge in [0.2, 0.25) is 0 Å². The summed E-state index contributed by atoms with van der Waals surface area (Å²) in [5, 5.41) is 11.2. The molecular formula is C10H11N3OS. The summed E-state index contributed by atoms with van der Waals surface area (Å²) in [7, 11) is 0. The van der Waals surface area contributed by atoms with Gasteiger partial charge in [0, 0.05) is 11.1 Å². The van der Waals surface area contributed by atoms with Crippen molar-refractivity contribution in [1.82, 2.24) is 15.5 Å². The first-order valence-corrected chi connectivity index (χ1v) is 5.48. The summed E-state index contributed by atoms with van der Waals surface area (Å²) in [5.41, 5.74) is 0.554. The second kappa shape index (κ2) is 4.27. The van der Waals surface area contributed by atoms with Crippen LogP contribution in [0.2, 0.25) is 0 Å². The van der Waals surface area contributed by atoms with Gasteiger partial charge in [0.05, 0.1) is 17.8 Å². The number of rotatable bonds is 3. The number of hydrogen-bond acceptors (Lipinski definition) is 3. The summed E-state index contributed by atoms with van der Waals surface area (Å²) < 4.78 is 0. The van der Waals surface area contributed by atoms with E-state index >= 15 is 0 Å². The van der Waals surface area contributed by atoms with E-state index < -0.39 is 0 Å². The number of thiophene rings is 1. The zero-order valence-electron chi connectivity index (χ0n) is 8.23. The Balaban J connectivity index is 2.01. The average molecular weight is 221 g/mol. The number of aromatic amines is 1. The van der Waals surface area contributed by atoms with Crippen molar-refractivity contribution < 1.29 is 4.79 Å². The third kappa shape index (κ3) is 2.24. The van der Waals surface area contributed by atoms with Gasteiger partial charge in [-0.25, -0.2) is 0 Å². The summed E-state index contributed by atoms with van der Waals surface area (Å²) in [6.07, 6.45) is 3.09. The fourth-order valence-corrected chi connectivity index (χ4v) is 2.00. The van der Waals surface area contributed by atoms with Crippen LogP contribution in [0.3, 0.4) is 0 Å². The number of carbonyl (C=O) groups excluding carboxylic acids is 1. The lowest BCUT2D eigenvalue weighted by Gasteiger charge is -2.10. The van der Waals surface area contributed by atoms with Crippen molar-refractivity contribution in [3.63, 3.8) is 0 Å². The maximum absolute atomic E-state index is 11.6. The Hall–Kier alpha value is -1.62. The molecule has 4 nitrogen and oxygen atoms in total. The predicted octanol–water partition coefficient (Wildman–Crippen LogP) is 1.96. The van der Waals surface area contributed by atoms with Gasteiger partial charge in [-0.15, -0.1) is 11.3 Å². The highest BCUT2D eigenvalue weighted by atomic mass is 32.1. The van der Waals surface area contributed by atoms with Crippen LogP contribution in [0.5, 0.6) is 0 Å². The topological polar surface area (TPSA) is 57.8 Å². The fourth-order valence-electron chi connectivity index (χ4n) is 1.26. The maximum Gasteiger partial charge on any atom is 0.254 e. The van der Waals surface area contributed by atoms with Gasteiger partial charge in [-0.1, -0.05) is 6.07 Å². The summed E-state index contributed by atoms with van der Waals surface area (Å²) in [6, 6.07) is 4.01. The molecule has 2 rings (SSSR count). The van der Waals surface area contributed by atoms with Gasteiger partial charge in [-0.2, -0.15) is 5.10 Å². The number of amides is 1. The Labute approximate surface area is 91.3 Å². The monoisotopic (exact) mass is 221 g/mol. The van der Waals surface area contributed by atoms with E-state index in [-0.39, 0.29) is 11.9 Å². The van der Waals surface area contributed by atoms with Gasteiger partial charge in [0.1, 0.15) is 0 Å². The highest BCUT2D eigenvalue weighted by Crippen LogP contribution is 2.18. The molecule has 0 aliphatic carbocycles. The van der Waals surface area contributed by atoms with Crippen molar-refractivity contribution in [2.75, 3.05) is 0 Å². The van der Waals surface area contributed by atoms with Crippen molar-refractivity contribution in [2.45, 2.75) is 13.0 Å². The standard InChI is InChI=1S/C10H11N3OS/c1-7(9-3-2-4-15-9)13-10(14)8-5-11-12-6-8/h2-7H,1H3,(H,11,12)(H,13,14). The zero-order chi connectivity index (χ0) is 10.7. The molecule has 5 heteroatoms. The number of nitrogens with one attached hydrogen (secondary N) is 2. The second-order valence-corrected chi connectivity index (χ2v) is 4.18. The fraction of sp³-hybridized carbons (Fsp3) is 0.200. The van der Waals surface area contributed by atoms with Crippen LogP contribution < -0.4 is 5.32 Å². The van der Waals surface area contributed by atoms with Crippen LogP contribution in [-0.2, 0) is 0 Å². The smallest absolute Gasteiger partial charge is 0.254 e. The molecule has 2 heterocycles. The van der Waals surface area contributed by atoms with Crippen LogP contribution in [0.1, 0.15) is 28.2 Å². The minimum absolute atomic E-state index is 0.0346. The number of hydrogen-bond donors (Lipinski definition) is 2. The quantitative estimate of drug-likeness (QED) is 0.832. The zero-order valence-corrected chi connectivity index (χ0v) is 9.04. The van der Waals surface area contributed by atoms with E-state index in [2.05, 4.69) is 15.5 Å². The Bertz CT molecular complexity index is 421. The van der Waals surface area contributed by atoms with Crippen molar-refractivity contribution in [3.05, 3.63) is 40.3 Å². The van der Waals surface area contributed by atoms with E-state index in [9.17, 15) is 4.79 Å². The first-order valence-electron chi connectivity index (χ1n) is 4.60. The third-order valence-electron chi connectivity index (χ3n) is 2.08. The molecule has 78 valence electrons. The van der Waals surface area contributed by atoms with E-state index in [1.807, 2.05) is 24.4 Å². The normalized spacial score (nSPS) is 12.3. The second-order valence-electron chi connectivity index (χ2n) is 3.20. The van der Waals surface area contributed by atoms with Crippen molar-refractivity contribution in [3.8, 4) is 0 Å². The maximum atomic E-state index is 11.6. The molecule has 0 saturated heterocycles. The lowest BCUT2D eigenvalue weighted by Crippen LogP contribution is -2.25. The largest absolute Gasteiger partial charge is 0.345 e. The van der Waals surface area contributed by atoms with E-state index in [0.29, 0.717) is 5.56 Å². The number of carbonyl (C=O) groups is 1. The molecule has 0 bridgehead atoms. The predicted molar refractivity (Wildman–Crippen MR) is 58.8 cm³/mol. The van der Waals surface area contributed by atoms with Crippen molar-refractivity contribution in [2.24, 2.45) is 0 Å². The molecule has 0 fully saturated rings. The van der Waals surface area contributed by atoms with Crippen LogP contribution in [0, 0.1) is 0 Å². The van der Waals surface area contributed by atoms with Crippen LogP contribution in [0.25, 0.3) is 0 Å². The van der Waals surface area contributed by atoms with Gasteiger partial charge in [0.15, 0.2) is 0 Å². The molecule has 0 spiro atoms. The summed E-state index contributed by atoms with van der Waals surface area (Å²) in [5.74, 6) is -0.107. The van der Waals surface area contributed by atoms with Crippen LogP contribution in [-0.4, -0.2) is 16.1 Å². The number of H-pyrrole nitrogens is 1. The van der Waals surface area contributed by atoms with E-state index in [0.717, 1.165) is 4.88 Å². The van der Waals surface area contributed by atoms with Gasteiger partial charge in [-0.05, 0) is 18.4 Å². The van der Waals surface area contributed by atoms with E-state index in [1.54, 1.807) is 17.5 Å². The van der Waals surface area contributed by atoms with Gasteiger partial charge < -0.3 is 5.32 Å². The van der Waals surface area contributed by atoms with Gasteiger partial charge in [-0.3, -0.25) is 9.89 Å². The van der Waals surface area contributed by atoms with Gasteiger partial charge >= 0.3 is 0 Å². The molecule has 1 amide bonds. The van der Waals surface area contributed by atoms with Crippen LogP contribution >= 0.6 is 11.3 Å². The number of aromatic nitrogens is 2. The molecule has 1 unspecified atom stereocenters. The Morgan fingerprint density at radius 2 is 2.53 bits per heavy atom. The third-order valence-corrected chi connectivity index (χ3v) is 3.13. The Morgan fingerprint density at radius 1 is 1.67 bits per heavy atom. The van der Waals surface area contributed by atoms with Gasteiger partial charge in [0.25, 0.3) is 5.91 Å².